The van der Waals surface area contributed by atoms with Crippen LogP contribution < -0.4 is 5.32 Å². The van der Waals surface area contributed by atoms with E-state index in [0.29, 0.717) is 12.1 Å². The molecule has 2 aromatic heterocycles. The van der Waals surface area contributed by atoms with Crippen LogP contribution in [0.4, 0.5) is 0 Å². The molecule has 0 atom stereocenters. The van der Waals surface area contributed by atoms with E-state index in [1.807, 2.05) is 19.1 Å². The maximum atomic E-state index is 12.2. The van der Waals surface area contributed by atoms with Crippen molar-refractivity contribution in [2.24, 2.45) is 0 Å². The number of aromatic nitrogens is 3. The van der Waals surface area contributed by atoms with Crippen molar-refractivity contribution in [2.75, 3.05) is 6.54 Å². The molecule has 0 fully saturated rings. The highest BCUT2D eigenvalue weighted by atomic mass is 16.4. The van der Waals surface area contributed by atoms with Gasteiger partial charge in [0.25, 0.3) is 5.91 Å². The minimum atomic E-state index is -0.0947. The molecule has 0 spiro atoms. The number of carbonyl (C=O) groups is 1. The summed E-state index contributed by atoms with van der Waals surface area (Å²) in [4.78, 5) is 23.9. The molecule has 3 rings (SSSR count). The highest BCUT2D eigenvalue weighted by Crippen LogP contribution is 2.24. The number of imidazole rings is 1. The fourth-order valence-corrected chi connectivity index (χ4v) is 2.61. The number of amides is 1. The average molecular weight is 340 g/mol. The number of aryl methyl sites for hydroxylation is 2. The number of benzene rings is 1. The monoisotopic (exact) mass is 340 g/mol. The first-order valence-corrected chi connectivity index (χ1v) is 8.53. The van der Waals surface area contributed by atoms with Crippen molar-refractivity contribution < 1.29 is 9.21 Å². The van der Waals surface area contributed by atoms with Crippen LogP contribution in [0.25, 0.3) is 11.0 Å². The molecule has 0 saturated carbocycles. The topological polar surface area (TPSA) is 83.8 Å². The Morgan fingerprint density at radius 2 is 2.12 bits per heavy atom. The van der Waals surface area contributed by atoms with E-state index in [4.69, 9.17) is 4.42 Å². The maximum Gasteiger partial charge on any atom is 0.251 e. The Bertz CT molecular complexity index is 886. The molecule has 1 amide bonds. The summed E-state index contributed by atoms with van der Waals surface area (Å²) < 4.78 is 5.87. The zero-order chi connectivity index (χ0) is 18.0. The number of H-pyrrole nitrogens is 1. The molecule has 0 aliphatic carbocycles. The standard InChI is InChI=1S/C19H24N4O2/c1-12-16(25-18(23-12)19(2,3)4)6-5-9-20-17(24)13-7-8-14-15(10-13)22-11-21-14/h7-8,10-11H,5-6,9H2,1-4H3,(H,20,24)(H,21,22). The van der Waals surface area contributed by atoms with Gasteiger partial charge in [0.1, 0.15) is 5.76 Å². The summed E-state index contributed by atoms with van der Waals surface area (Å²) in [5, 5.41) is 2.95. The second-order valence-electron chi connectivity index (χ2n) is 7.27. The molecular formula is C19H24N4O2. The molecule has 132 valence electrons. The molecule has 0 unspecified atom stereocenters. The number of carbonyl (C=O) groups excluding carboxylic acids is 1. The fourth-order valence-electron chi connectivity index (χ4n) is 2.61. The summed E-state index contributed by atoms with van der Waals surface area (Å²) in [5.74, 6) is 1.58. The van der Waals surface area contributed by atoms with Gasteiger partial charge in [0.15, 0.2) is 5.89 Å². The molecule has 0 aliphatic rings. The van der Waals surface area contributed by atoms with Crippen LogP contribution in [0.2, 0.25) is 0 Å². The summed E-state index contributed by atoms with van der Waals surface area (Å²) in [6.45, 7) is 8.80. The van der Waals surface area contributed by atoms with Gasteiger partial charge in [-0.15, -0.1) is 0 Å². The number of oxazole rings is 1. The number of hydrogen-bond acceptors (Lipinski definition) is 4. The number of fused-ring (bicyclic) bond motifs is 1. The number of nitrogens with one attached hydrogen (secondary N) is 2. The Morgan fingerprint density at radius 1 is 1.32 bits per heavy atom. The summed E-state index contributed by atoms with van der Waals surface area (Å²) in [6, 6.07) is 5.44. The quantitative estimate of drug-likeness (QED) is 0.696. The molecular weight excluding hydrogens is 316 g/mol. The van der Waals surface area contributed by atoms with Crippen molar-refractivity contribution in [1.82, 2.24) is 20.3 Å². The summed E-state index contributed by atoms with van der Waals surface area (Å²) in [7, 11) is 0. The predicted octanol–water partition coefficient (Wildman–Crippen LogP) is 3.52. The SMILES string of the molecule is Cc1nc(C(C)(C)C)oc1CCCNC(=O)c1ccc2nc[nH]c2c1. The third kappa shape index (κ3) is 3.90. The van der Waals surface area contributed by atoms with Gasteiger partial charge in [0, 0.05) is 23.9 Å². The zero-order valence-corrected chi connectivity index (χ0v) is 15.1. The van der Waals surface area contributed by atoms with Crippen LogP contribution in [0.15, 0.2) is 28.9 Å². The van der Waals surface area contributed by atoms with E-state index in [-0.39, 0.29) is 11.3 Å². The molecule has 25 heavy (non-hydrogen) atoms. The summed E-state index contributed by atoms with van der Waals surface area (Å²) in [5.41, 5.74) is 3.18. The largest absolute Gasteiger partial charge is 0.445 e. The lowest BCUT2D eigenvalue weighted by atomic mass is 9.97. The first-order valence-electron chi connectivity index (χ1n) is 8.53. The third-order valence-corrected chi connectivity index (χ3v) is 4.08. The van der Waals surface area contributed by atoms with Crippen LogP contribution in [0.1, 0.15) is 54.9 Å². The van der Waals surface area contributed by atoms with E-state index in [9.17, 15) is 4.79 Å². The molecule has 6 heteroatoms. The number of aromatic amines is 1. The number of rotatable bonds is 5. The molecule has 0 saturated heterocycles. The zero-order valence-electron chi connectivity index (χ0n) is 15.1. The second-order valence-corrected chi connectivity index (χ2v) is 7.27. The van der Waals surface area contributed by atoms with Crippen molar-refractivity contribution in [3.05, 3.63) is 47.4 Å². The van der Waals surface area contributed by atoms with Gasteiger partial charge < -0.3 is 14.7 Å². The smallest absolute Gasteiger partial charge is 0.251 e. The van der Waals surface area contributed by atoms with E-state index in [2.05, 4.69) is 41.0 Å². The van der Waals surface area contributed by atoms with Crippen molar-refractivity contribution in [1.29, 1.82) is 0 Å². The molecule has 2 heterocycles. The Morgan fingerprint density at radius 3 is 2.84 bits per heavy atom. The number of hydrogen-bond donors (Lipinski definition) is 2. The van der Waals surface area contributed by atoms with Crippen LogP contribution in [-0.4, -0.2) is 27.4 Å². The Balaban J connectivity index is 1.53. The Labute approximate surface area is 147 Å². The van der Waals surface area contributed by atoms with Crippen LogP contribution in [0.5, 0.6) is 0 Å². The first kappa shape index (κ1) is 17.2. The van der Waals surface area contributed by atoms with Gasteiger partial charge in [-0.05, 0) is 31.5 Å². The predicted molar refractivity (Wildman–Crippen MR) is 96.7 cm³/mol. The molecule has 6 nitrogen and oxygen atoms in total. The molecule has 0 radical (unpaired) electrons. The molecule has 0 bridgehead atoms. The Hall–Kier alpha value is -2.63. The summed E-state index contributed by atoms with van der Waals surface area (Å²) in [6.07, 6.45) is 3.18. The van der Waals surface area contributed by atoms with Crippen LogP contribution in [0, 0.1) is 6.92 Å². The van der Waals surface area contributed by atoms with Gasteiger partial charge in [-0.1, -0.05) is 20.8 Å². The van der Waals surface area contributed by atoms with Gasteiger partial charge >= 0.3 is 0 Å². The second kappa shape index (κ2) is 6.70. The molecule has 1 aromatic carbocycles. The van der Waals surface area contributed by atoms with Crippen LogP contribution >= 0.6 is 0 Å². The average Bonchev–Trinajstić information content (AvgIpc) is 3.16. The number of nitrogens with zero attached hydrogens (tertiary/aromatic N) is 2. The Kier molecular flexibility index (Phi) is 4.61. The fraction of sp³-hybridized carbons (Fsp3) is 0.421. The molecule has 3 aromatic rings. The van der Waals surface area contributed by atoms with Gasteiger partial charge in [-0.2, -0.15) is 0 Å². The lowest BCUT2D eigenvalue weighted by Gasteiger charge is -2.12. The van der Waals surface area contributed by atoms with E-state index < -0.39 is 0 Å². The third-order valence-electron chi connectivity index (χ3n) is 4.08. The van der Waals surface area contributed by atoms with E-state index >= 15 is 0 Å². The lowest BCUT2D eigenvalue weighted by Crippen LogP contribution is -2.24. The van der Waals surface area contributed by atoms with Crippen LogP contribution in [0.3, 0.4) is 0 Å². The van der Waals surface area contributed by atoms with E-state index in [1.165, 1.54) is 0 Å². The first-order chi connectivity index (χ1) is 11.8. The van der Waals surface area contributed by atoms with Gasteiger partial charge in [0.2, 0.25) is 0 Å². The van der Waals surface area contributed by atoms with Gasteiger partial charge in [0.05, 0.1) is 23.1 Å². The lowest BCUT2D eigenvalue weighted by molar-refractivity contribution is 0.0953. The summed E-state index contributed by atoms with van der Waals surface area (Å²) >= 11 is 0. The van der Waals surface area contributed by atoms with Crippen molar-refractivity contribution in [2.45, 2.75) is 46.0 Å². The highest BCUT2D eigenvalue weighted by molar-refractivity contribution is 5.97. The van der Waals surface area contributed by atoms with E-state index in [1.54, 1.807) is 12.4 Å². The van der Waals surface area contributed by atoms with E-state index in [0.717, 1.165) is 41.2 Å². The van der Waals surface area contributed by atoms with Crippen molar-refractivity contribution in [3.63, 3.8) is 0 Å². The van der Waals surface area contributed by atoms with Crippen molar-refractivity contribution >= 4 is 16.9 Å². The molecule has 0 aliphatic heterocycles. The minimum absolute atomic E-state index is 0.0822. The van der Waals surface area contributed by atoms with Crippen LogP contribution in [-0.2, 0) is 11.8 Å². The van der Waals surface area contributed by atoms with Gasteiger partial charge in [-0.3, -0.25) is 4.79 Å². The highest BCUT2D eigenvalue weighted by Gasteiger charge is 2.22. The normalized spacial score (nSPS) is 11.8. The maximum absolute atomic E-state index is 12.2. The molecule has 2 N–H and O–H groups in total. The van der Waals surface area contributed by atoms with Gasteiger partial charge in [-0.25, -0.2) is 9.97 Å². The minimum Gasteiger partial charge on any atom is -0.445 e. The van der Waals surface area contributed by atoms with Crippen molar-refractivity contribution in [3.8, 4) is 0 Å².